The van der Waals surface area contributed by atoms with Crippen molar-refractivity contribution in [2.75, 3.05) is 5.32 Å². The maximum atomic E-state index is 5.41. The number of fused-ring (bicyclic) bond motifs is 2. The number of para-hydroxylation sites is 1. The molecule has 0 aliphatic heterocycles. The molecule has 4 atom stereocenters. The number of nitrogens with one attached hydrogen (secondary N) is 2. The van der Waals surface area contributed by atoms with E-state index in [1.54, 1.807) is 0 Å². The second-order valence-corrected chi connectivity index (χ2v) is 6.50. The average Bonchev–Trinajstić information content (AvgIpc) is 3.02. The highest BCUT2D eigenvalue weighted by Gasteiger charge is 2.41. The molecule has 0 unspecified atom stereocenters. The molecule has 2 fully saturated rings. The second-order valence-electron chi connectivity index (χ2n) is 6.09. The molecule has 102 valence electrons. The molecule has 0 spiro atoms. The van der Waals surface area contributed by atoms with Crippen LogP contribution in [0.3, 0.4) is 0 Å². The molecule has 1 aromatic carbocycles. The van der Waals surface area contributed by atoms with Crippen LogP contribution in [0.4, 0.5) is 5.69 Å². The molecule has 0 aromatic heterocycles. The predicted molar refractivity (Wildman–Crippen MR) is 84.2 cm³/mol. The van der Waals surface area contributed by atoms with E-state index in [1.807, 2.05) is 30.3 Å². The van der Waals surface area contributed by atoms with Gasteiger partial charge in [0.05, 0.1) is 0 Å². The summed E-state index contributed by atoms with van der Waals surface area (Å²) in [5, 5.41) is 7.49. The molecule has 1 aromatic rings. The first-order chi connectivity index (χ1) is 9.22. The zero-order valence-corrected chi connectivity index (χ0v) is 12.2. The topological polar surface area (TPSA) is 24.1 Å². The van der Waals surface area contributed by atoms with E-state index in [0.29, 0.717) is 6.04 Å². The van der Waals surface area contributed by atoms with Gasteiger partial charge in [-0.05, 0) is 68.3 Å². The molecule has 2 saturated carbocycles. The fourth-order valence-electron chi connectivity index (χ4n) is 3.91. The molecule has 2 N–H and O–H groups in total. The van der Waals surface area contributed by atoms with Crippen LogP contribution in [0.2, 0.25) is 0 Å². The Morgan fingerprint density at radius 3 is 2.63 bits per heavy atom. The van der Waals surface area contributed by atoms with Gasteiger partial charge in [-0.25, -0.2) is 0 Å². The largest absolute Gasteiger partial charge is 0.360 e. The van der Waals surface area contributed by atoms with Crippen LogP contribution in [0.15, 0.2) is 30.3 Å². The maximum absolute atomic E-state index is 5.41. The molecule has 3 heteroatoms. The fraction of sp³-hybridized carbons (Fsp3) is 0.562. The van der Waals surface area contributed by atoms with Crippen molar-refractivity contribution in [2.45, 2.75) is 38.6 Å². The summed E-state index contributed by atoms with van der Waals surface area (Å²) < 4.78 is 0. The van der Waals surface area contributed by atoms with E-state index in [2.05, 4.69) is 17.6 Å². The lowest BCUT2D eigenvalue weighted by molar-refractivity contribution is 0.279. The Labute approximate surface area is 121 Å². The summed E-state index contributed by atoms with van der Waals surface area (Å²) in [5.74, 6) is 2.75. The van der Waals surface area contributed by atoms with Crippen LogP contribution >= 0.6 is 12.2 Å². The molecule has 2 nitrogen and oxygen atoms in total. The first-order valence-electron chi connectivity index (χ1n) is 7.35. The van der Waals surface area contributed by atoms with Gasteiger partial charge in [-0.1, -0.05) is 24.6 Å². The summed E-state index contributed by atoms with van der Waals surface area (Å²) in [6.45, 7) is 2.28. The van der Waals surface area contributed by atoms with Crippen LogP contribution in [-0.4, -0.2) is 11.2 Å². The van der Waals surface area contributed by atoms with Gasteiger partial charge in [0.15, 0.2) is 5.11 Å². The van der Waals surface area contributed by atoms with Gasteiger partial charge in [0.2, 0.25) is 0 Å². The number of benzene rings is 1. The van der Waals surface area contributed by atoms with Crippen LogP contribution in [-0.2, 0) is 0 Å². The van der Waals surface area contributed by atoms with E-state index < -0.39 is 0 Å². The van der Waals surface area contributed by atoms with Crippen LogP contribution in [0.5, 0.6) is 0 Å². The van der Waals surface area contributed by atoms with Crippen molar-refractivity contribution in [3.05, 3.63) is 30.3 Å². The van der Waals surface area contributed by atoms with Crippen molar-refractivity contribution >= 4 is 23.0 Å². The van der Waals surface area contributed by atoms with Gasteiger partial charge in [-0.15, -0.1) is 0 Å². The number of rotatable bonds is 3. The molecule has 3 rings (SSSR count). The smallest absolute Gasteiger partial charge is 0.170 e. The lowest BCUT2D eigenvalue weighted by Crippen LogP contribution is -2.42. The first-order valence-corrected chi connectivity index (χ1v) is 7.76. The van der Waals surface area contributed by atoms with Crippen molar-refractivity contribution in [3.63, 3.8) is 0 Å². The Kier molecular flexibility index (Phi) is 3.74. The minimum absolute atomic E-state index is 0.485. The number of hydrogen-bond donors (Lipinski definition) is 2. The molecule has 2 aliphatic rings. The van der Waals surface area contributed by atoms with Crippen molar-refractivity contribution in [2.24, 2.45) is 17.8 Å². The number of thiocarbonyl (C=S) groups is 1. The molecule has 0 radical (unpaired) electrons. The van der Waals surface area contributed by atoms with Crippen LogP contribution < -0.4 is 10.6 Å². The quantitative estimate of drug-likeness (QED) is 0.820. The highest BCUT2D eigenvalue weighted by atomic mass is 32.1. The van der Waals surface area contributed by atoms with Crippen molar-refractivity contribution in [3.8, 4) is 0 Å². The zero-order chi connectivity index (χ0) is 13.2. The van der Waals surface area contributed by atoms with Crippen LogP contribution in [0, 0.1) is 17.8 Å². The third-order valence-electron chi connectivity index (χ3n) is 4.83. The summed E-state index contributed by atoms with van der Waals surface area (Å²) in [4.78, 5) is 0. The third-order valence-corrected chi connectivity index (χ3v) is 5.05. The number of anilines is 1. The fourth-order valence-corrected chi connectivity index (χ4v) is 4.21. The third kappa shape index (κ3) is 2.92. The average molecular weight is 274 g/mol. The second kappa shape index (κ2) is 5.49. The van der Waals surface area contributed by atoms with Crippen LogP contribution in [0.25, 0.3) is 0 Å². The van der Waals surface area contributed by atoms with Gasteiger partial charge in [0.25, 0.3) is 0 Å². The Hall–Kier alpha value is -1.09. The zero-order valence-electron chi connectivity index (χ0n) is 11.4. The highest BCUT2D eigenvalue weighted by Crippen LogP contribution is 2.49. The van der Waals surface area contributed by atoms with Crippen molar-refractivity contribution < 1.29 is 0 Å². The Morgan fingerprint density at radius 2 is 2.00 bits per heavy atom. The summed E-state index contributed by atoms with van der Waals surface area (Å²) in [6.07, 6.45) is 5.74. The van der Waals surface area contributed by atoms with Crippen LogP contribution in [0.1, 0.15) is 32.6 Å². The predicted octanol–water partition coefficient (Wildman–Crippen LogP) is 3.80. The number of hydrogen-bond acceptors (Lipinski definition) is 1. The SMILES string of the molecule is C[C@H](NC(=S)Nc1ccccc1)[C@H]1C[C@@H]2CC[C@H]1C2. The minimum atomic E-state index is 0.485. The maximum Gasteiger partial charge on any atom is 0.170 e. The lowest BCUT2D eigenvalue weighted by atomic mass is 9.84. The summed E-state index contributed by atoms with van der Waals surface area (Å²) >= 11 is 5.41. The molecular weight excluding hydrogens is 252 g/mol. The normalized spacial score (nSPS) is 30.1. The van der Waals surface area contributed by atoms with Gasteiger partial charge < -0.3 is 10.6 Å². The molecular formula is C16H22N2S. The lowest BCUT2D eigenvalue weighted by Gasteiger charge is -2.29. The Balaban J connectivity index is 1.52. The summed E-state index contributed by atoms with van der Waals surface area (Å²) in [5.41, 5.74) is 1.06. The highest BCUT2D eigenvalue weighted by molar-refractivity contribution is 7.80. The van der Waals surface area contributed by atoms with E-state index in [-0.39, 0.29) is 0 Å². The molecule has 0 heterocycles. The van der Waals surface area contributed by atoms with Gasteiger partial charge in [0.1, 0.15) is 0 Å². The van der Waals surface area contributed by atoms with Crippen molar-refractivity contribution in [1.82, 2.24) is 5.32 Å². The van der Waals surface area contributed by atoms with E-state index in [1.165, 1.54) is 25.7 Å². The standard InChI is InChI=1S/C16H22N2S/c1-11(15-10-12-7-8-13(15)9-12)17-16(19)18-14-5-3-2-4-6-14/h2-6,11-13,15H,7-10H2,1H3,(H2,17,18,19)/t11-,12+,13-,15+/m0/s1. The van der Waals surface area contributed by atoms with Gasteiger partial charge in [0, 0.05) is 11.7 Å². The summed E-state index contributed by atoms with van der Waals surface area (Å²) in [6, 6.07) is 10.6. The molecule has 19 heavy (non-hydrogen) atoms. The van der Waals surface area contributed by atoms with Gasteiger partial charge >= 0.3 is 0 Å². The van der Waals surface area contributed by atoms with Gasteiger partial charge in [-0.2, -0.15) is 0 Å². The van der Waals surface area contributed by atoms with E-state index in [4.69, 9.17) is 12.2 Å². The Morgan fingerprint density at radius 1 is 1.21 bits per heavy atom. The Bertz CT molecular complexity index is 445. The van der Waals surface area contributed by atoms with E-state index in [0.717, 1.165) is 28.6 Å². The molecule has 0 amide bonds. The van der Waals surface area contributed by atoms with E-state index >= 15 is 0 Å². The molecule has 0 saturated heterocycles. The molecule has 2 aliphatic carbocycles. The van der Waals surface area contributed by atoms with E-state index in [9.17, 15) is 0 Å². The van der Waals surface area contributed by atoms with Gasteiger partial charge in [-0.3, -0.25) is 0 Å². The minimum Gasteiger partial charge on any atom is -0.360 e. The van der Waals surface area contributed by atoms with Crippen molar-refractivity contribution in [1.29, 1.82) is 0 Å². The summed E-state index contributed by atoms with van der Waals surface area (Å²) in [7, 11) is 0. The molecule has 2 bridgehead atoms. The first kappa shape index (κ1) is 12.9. The monoisotopic (exact) mass is 274 g/mol.